The number of ether oxygens (including phenoxy) is 1. The maximum atomic E-state index is 6.69. The summed E-state index contributed by atoms with van der Waals surface area (Å²) in [7, 11) is 0. The molecule has 0 bridgehead atoms. The van der Waals surface area contributed by atoms with Gasteiger partial charge in [-0.2, -0.15) is 27.1 Å². The van der Waals surface area contributed by atoms with Gasteiger partial charge in [-0.05, 0) is 90.6 Å². The van der Waals surface area contributed by atoms with Gasteiger partial charge in [0.25, 0.3) is 0 Å². The molecule has 0 fully saturated rings. The average molecular weight is 1170 g/mol. The van der Waals surface area contributed by atoms with Crippen molar-refractivity contribution in [2.24, 2.45) is 0 Å². The molecule has 7 heterocycles. The third kappa shape index (κ3) is 7.31. The first-order valence-electron chi connectivity index (χ1n) is 25.2. The minimum absolute atomic E-state index is 0. The van der Waals surface area contributed by atoms with Gasteiger partial charge in [-0.25, -0.2) is 4.98 Å². The van der Waals surface area contributed by atoms with E-state index in [1.54, 1.807) is 6.20 Å². The van der Waals surface area contributed by atoms with Crippen molar-refractivity contribution in [1.82, 2.24) is 38.6 Å². The van der Waals surface area contributed by atoms with Crippen LogP contribution >= 0.6 is 0 Å². The zero-order valence-corrected chi connectivity index (χ0v) is 45.1. The van der Waals surface area contributed by atoms with Crippen LogP contribution in [0.5, 0.6) is 11.5 Å². The van der Waals surface area contributed by atoms with Gasteiger partial charge in [0, 0.05) is 83.9 Å². The summed E-state index contributed by atoms with van der Waals surface area (Å²) in [5.74, 6) is 3.35. The van der Waals surface area contributed by atoms with E-state index in [4.69, 9.17) is 24.7 Å². The van der Waals surface area contributed by atoms with Crippen LogP contribution in [0.3, 0.4) is 0 Å². The van der Waals surface area contributed by atoms with Gasteiger partial charge in [0.15, 0.2) is 0 Å². The van der Waals surface area contributed by atoms with Gasteiger partial charge in [0.05, 0.1) is 27.8 Å². The molecule has 0 unspecified atom stereocenters. The van der Waals surface area contributed by atoms with Crippen molar-refractivity contribution in [3.05, 3.63) is 211 Å². The largest absolute Gasteiger partial charge is 0.509 e. The van der Waals surface area contributed by atoms with Gasteiger partial charge >= 0.3 is 0 Å². The Kier molecular flexibility index (Phi) is 11.0. The minimum Gasteiger partial charge on any atom is -0.509 e. The summed E-state index contributed by atoms with van der Waals surface area (Å²) in [5.41, 5.74) is 14.1. The second-order valence-electron chi connectivity index (χ2n) is 20.6. The van der Waals surface area contributed by atoms with Gasteiger partial charge < -0.3 is 19.1 Å². The third-order valence-electron chi connectivity index (χ3n) is 14.8. The summed E-state index contributed by atoms with van der Waals surface area (Å²) in [6, 6.07) is 57.7. The average Bonchev–Trinajstić information content (AvgIpc) is 4.18. The standard InChI is InChI=1S/C64H49N10O.Pt/c1-38-15-10-22-48-49-23-11-16-39(2)58(49)73(57(38)48)62-67-61(68-63(69-62)74-59-40(3)17-12-24-50(59)51-25-13-18-41(4)60(51)74)71-37-70(55-36-65-31-30-53(55)71)43-19-14-20-44(34-43)75-45-27-28-47-46-21-8-9-26-52(46)72(54(47)35-45)56-33-42(29-32-66-56)64(5,6)7;/h8-33,36-37H,1-7H3;/q-3;. The molecule has 0 saturated carbocycles. The predicted molar refractivity (Wildman–Crippen MR) is 302 cm³/mol. The Morgan fingerprint density at radius 3 is 1.64 bits per heavy atom. The van der Waals surface area contributed by atoms with Crippen molar-refractivity contribution in [3.8, 4) is 29.2 Å². The normalized spacial score (nSPS) is 12.7. The van der Waals surface area contributed by atoms with Gasteiger partial charge in [0.2, 0.25) is 17.8 Å². The third-order valence-corrected chi connectivity index (χ3v) is 14.8. The Hall–Kier alpha value is -8.66. The molecule has 0 saturated heterocycles. The zero-order chi connectivity index (χ0) is 50.9. The predicted octanol–water partition coefficient (Wildman–Crippen LogP) is 15.3. The summed E-state index contributed by atoms with van der Waals surface area (Å²) in [5, 5.41) is 6.72. The second-order valence-corrected chi connectivity index (χ2v) is 20.6. The molecule has 6 aromatic heterocycles. The fourth-order valence-corrected chi connectivity index (χ4v) is 11.3. The van der Waals surface area contributed by atoms with Crippen LogP contribution in [0.4, 0.5) is 23.0 Å². The molecule has 12 heteroatoms. The number of pyridine rings is 2. The Morgan fingerprint density at radius 1 is 0.487 bits per heavy atom. The molecule has 0 aliphatic carbocycles. The first-order valence-corrected chi connectivity index (χ1v) is 25.2. The maximum absolute atomic E-state index is 6.69. The van der Waals surface area contributed by atoms with Crippen molar-refractivity contribution in [1.29, 1.82) is 0 Å². The van der Waals surface area contributed by atoms with E-state index in [1.807, 2.05) is 54.3 Å². The second kappa shape index (κ2) is 17.7. The van der Waals surface area contributed by atoms with Crippen LogP contribution < -0.4 is 14.5 Å². The molecule has 11 nitrogen and oxygen atoms in total. The quantitative estimate of drug-likeness (QED) is 0.146. The van der Waals surface area contributed by atoms with E-state index < -0.39 is 0 Å². The Morgan fingerprint density at radius 2 is 1.04 bits per heavy atom. The molecule has 7 aromatic carbocycles. The van der Waals surface area contributed by atoms with E-state index in [9.17, 15) is 0 Å². The van der Waals surface area contributed by atoms with Crippen molar-refractivity contribution < 1.29 is 25.8 Å². The number of rotatable bonds is 7. The SMILES string of the molecule is Cc1cccc2c3cccc(C)c3n(-c3nc(N4[CH-]N(c5[c-]c(Oc6[c-]c7c(cc6)c6ccccc6n7-c6cc(C(C)(C)C)ccn6)ccc5)c5cnccc54)nc(-n4c5c(C)cccc5c5cccc(C)c54)n3)c12.[Pt]. The van der Waals surface area contributed by atoms with E-state index in [1.165, 1.54) is 5.56 Å². The van der Waals surface area contributed by atoms with Crippen LogP contribution in [-0.2, 0) is 26.5 Å². The molecule has 374 valence electrons. The molecular weight excluding hydrogens is 1120 g/mol. The first kappa shape index (κ1) is 47.1. The number of nitrogens with zero attached hydrogens (tertiary/aromatic N) is 10. The topological polar surface area (TPSA) is 95.0 Å². The van der Waals surface area contributed by atoms with E-state index in [2.05, 4.69) is 199 Å². The fraction of sp³-hybridized carbons (Fsp3) is 0.125. The van der Waals surface area contributed by atoms with Crippen molar-refractivity contribution >= 4 is 88.4 Å². The number of anilines is 4. The smallest absolute Gasteiger partial charge is 0.241 e. The number of hydrogen-bond acceptors (Lipinski definition) is 8. The first-order chi connectivity index (χ1) is 36.5. The number of benzene rings is 7. The summed E-state index contributed by atoms with van der Waals surface area (Å²) in [4.78, 5) is 30.0. The van der Waals surface area contributed by atoms with Crippen molar-refractivity contribution in [2.45, 2.75) is 53.9 Å². The molecule has 0 radical (unpaired) electrons. The van der Waals surface area contributed by atoms with Crippen LogP contribution in [-0.4, -0.2) is 38.6 Å². The molecule has 0 amide bonds. The van der Waals surface area contributed by atoms with E-state index in [-0.39, 0.29) is 26.5 Å². The number of aryl methyl sites for hydroxylation is 4. The molecule has 1 aliphatic heterocycles. The zero-order valence-electron chi connectivity index (χ0n) is 42.9. The van der Waals surface area contributed by atoms with Crippen molar-refractivity contribution in [3.63, 3.8) is 0 Å². The fourth-order valence-electron chi connectivity index (χ4n) is 11.3. The minimum atomic E-state index is -0.0510. The Labute approximate surface area is 454 Å². The summed E-state index contributed by atoms with van der Waals surface area (Å²) in [6.07, 6.45) is 5.55. The molecule has 76 heavy (non-hydrogen) atoms. The molecule has 14 rings (SSSR count). The number of aromatic nitrogens is 8. The van der Waals surface area contributed by atoms with Crippen LogP contribution in [0.25, 0.3) is 83.1 Å². The Bertz CT molecular complexity index is 4240. The van der Waals surface area contributed by atoms with Crippen LogP contribution in [0.2, 0.25) is 0 Å². The van der Waals surface area contributed by atoms with Gasteiger partial charge in [-0.15, -0.1) is 48.1 Å². The number of hydrogen-bond donors (Lipinski definition) is 0. The monoisotopic (exact) mass is 1170 g/mol. The summed E-state index contributed by atoms with van der Waals surface area (Å²) >= 11 is 0. The summed E-state index contributed by atoms with van der Waals surface area (Å²) < 4.78 is 13.3. The van der Waals surface area contributed by atoms with E-state index in [0.29, 0.717) is 29.3 Å². The van der Waals surface area contributed by atoms with E-state index in [0.717, 1.165) is 111 Å². The molecule has 13 aromatic rings. The number of para-hydroxylation sites is 5. The van der Waals surface area contributed by atoms with Crippen LogP contribution in [0.15, 0.2) is 164 Å². The van der Waals surface area contributed by atoms with Gasteiger partial charge in [-0.1, -0.05) is 117 Å². The van der Waals surface area contributed by atoms with Gasteiger partial charge in [0.1, 0.15) is 5.82 Å². The van der Waals surface area contributed by atoms with Crippen LogP contribution in [0, 0.1) is 46.5 Å². The van der Waals surface area contributed by atoms with E-state index >= 15 is 0 Å². The molecule has 0 N–H and O–H groups in total. The van der Waals surface area contributed by atoms with Gasteiger partial charge in [-0.3, -0.25) is 14.1 Å². The molecule has 1 aliphatic rings. The molecular formula is C64H49N10OPt-3. The molecule has 0 atom stereocenters. The summed E-state index contributed by atoms with van der Waals surface area (Å²) in [6.45, 7) is 17.3. The number of fused-ring (bicyclic) bond motifs is 10. The Balaban J connectivity index is 0.00000553. The maximum Gasteiger partial charge on any atom is 0.241 e. The van der Waals surface area contributed by atoms with Crippen molar-refractivity contribution in [2.75, 3.05) is 9.80 Å². The van der Waals surface area contributed by atoms with Crippen LogP contribution in [0.1, 0.15) is 48.6 Å². The molecule has 0 spiro atoms.